The summed E-state index contributed by atoms with van der Waals surface area (Å²) in [6, 6.07) is 6.46. The number of carbonyl (C=O) groups excluding carboxylic acids is 1. The molecule has 0 spiro atoms. The molecule has 6 nitrogen and oxygen atoms in total. The van der Waals surface area contributed by atoms with Gasteiger partial charge in [0.15, 0.2) is 5.84 Å². The van der Waals surface area contributed by atoms with E-state index in [0.29, 0.717) is 5.17 Å². The van der Waals surface area contributed by atoms with Gasteiger partial charge in [0.25, 0.3) is 5.91 Å². The minimum absolute atomic E-state index is 0.0238. The molecule has 0 saturated carbocycles. The summed E-state index contributed by atoms with van der Waals surface area (Å²) in [5, 5.41) is 16.0. The fourth-order valence-electron chi connectivity index (χ4n) is 3.95. The van der Waals surface area contributed by atoms with Crippen molar-refractivity contribution in [3.63, 3.8) is 0 Å². The average molecular weight is 486 g/mol. The molecular formula is C24H25ClFN5OS. The highest BCUT2D eigenvalue weighted by molar-refractivity contribution is 8.26. The number of fused-ring (bicyclic) bond motifs is 1. The van der Waals surface area contributed by atoms with Crippen LogP contribution in [0.15, 0.2) is 39.9 Å². The summed E-state index contributed by atoms with van der Waals surface area (Å²) >= 11 is 7.34. The number of amides is 1. The van der Waals surface area contributed by atoms with Crippen molar-refractivity contribution in [2.75, 3.05) is 0 Å². The van der Waals surface area contributed by atoms with Gasteiger partial charge in [-0.3, -0.25) is 10.2 Å². The van der Waals surface area contributed by atoms with Gasteiger partial charge < -0.3 is 4.57 Å². The van der Waals surface area contributed by atoms with E-state index in [1.165, 1.54) is 35.7 Å². The van der Waals surface area contributed by atoms with E-state index in [0.717, 1.165) is 46.9 Å². The number of hydrogen-bond acceptors (Lipinski definition) is 4. The number of unbranched alkanes of at least 4 members (excludes halogenated alkanes) is 3. The fraction of sp³-hybridized carbons (Fsp3) is 0.333. The maximum Gasteiger partial charge on any atom is 0.283 e. The zero-order chi connectivity index (χ0) is 23.7. The topological polar surface area (TPSA) is 73.8 Å². The number of amidine groups is 2. The van der Waals surface area contributed by atoms with Crippen LogP contribution >= 0.6 is 23.4 Å². The predicted octanol–water partition coefficient (Wildman–Crippen LogP) is 6.48. The number of rotatable bonds is 7. The molecule has 1 N–H and O–H groups in total. The Kier molecular flexibility index (Phi) is 6.86. The number of aromatic nitrogens is 1. The van der Waals surface area contributed by atoms with Crippen molar-refractivity contribution >= 4 is 51.4 Å². The van der Waals surface area contributed by atoms with Crippen molar-refractivity contribution in [3.05, 3.63) is 57.6 Å². The summed E-state index contributed by atoms with van der Waals surface area (Å²) in [6.07, 6.45) is 7.02. The standard InChI is InChI=1S/C24H25ClFN5OS/c1-4-5-6-7-8-21-29-31-22(27)18(23(32)28-24(31)33-21)12-16-11-14(2)30(15(16)3)17-9-10-20(26)19(25)13-17/h9-13,27H,4-8H2,1-3H3/b18-12+,27-22?. The van der Waals surface area contributed by atoms with Crippen molar-refractivity contribution in [2.24, 2.45) is 10.1 Å². The molecule has 0 radical (unpaired) electrons. The minimum atomic E-state index is -0.478. The van der Waals surface area contributed by atoms with Gasteiger partial charge in [0, 0.05) is 17.1 Å². The van der Waals surface area contributed by atoms with Gasteiger partial charge in [0.05, 0.1) is 10.6 Å². The Morgan fingerprint density at radius 1 is 1.21 bits per heavy atom. The number of carbonyl (C=O) groups is 1. The Hall–Kier alpha value is -2.71. The number of hydrogen-bond donors (Lipinski definition) is 1. The van der Waals surface area contributed by atoms with Crippen LogP contribution in [0.1, 0.15) is 56.0 Å². The summed E-state index contributed by atoms with van der Waals surface area (Å²) in [5.74, 6) is -0.902. The average Bonchev–Trinajstić information content (AvgIpc) is 3.30. The van der Waals surface area contributed by atoms with Gasteiger partial charge in [-0.05, 0) is 74.4 Å². The summed E-state index contributed by atoms with van der Waals surface area (Å²) in [6.45, 7) is 5.99. The third-order valence-corrected chi connectivity index (χ3v) is 6.93. The van der Waals surface area contributed by atoms with Crippen molar-refractivity contribution in [1.29, 1.82) is 5.41 Å². The second-order valence-electron chi connectivity index (χ2n) is 8.08. The summed E-state index contributed by atoms with van der Waals surface area (Å²) in [5.41, 5.74) is 3.42. The number of benzene rings is 1. The molecule has 9 heteroatoms. The first-order chi connectivity index (χ1) is 15.8. The van der Waals surface area contributed by atoms with E-state index in [4.69, 9.17) is 17.0 Å². The monoisotopic (exact) mass is 485 g/mol. The molecule has 4 rings (SSSR count). The Balaban J connectivity index is 1.61. The first kappa shape index (κ1) is 23.4. The Morgan fingerprint density at radius 2 is 2.00 bits per heavy atom. The largest absolute Gasteiger partial charge is 0.318 e. The molecule has 2 aliphatic rings. The predicted molar refractivity (Wildman–Crippen MR) is 134 cm³/mol. The van der Waals surface area contributed by atoms with Crippen molar-refractivity contribution in [3.8, 4) is 5.69 Å². The first-order valence-corrected chi connectivity index (χ1v) is 12.1. The third-order valence-electron chi connectivity index (χ3n) is 5.67. The van der Waals surface area contributed by atoms with Gasteiger partial charge in [0.2, 0.25) is 5.17 Å². The highest BCUT2D eigenvalue weighted by atomic mass is 35.5. The second-order valence-corrected chi connectivity index (χ2v) is 9.53. The summed E-state index contributed by atoms with van der Waals surface area (Å²) in [7, 11) is 0. The Bertz CT molecular complexity index is 1230. The first-order valence-electron chi connectivity index (χ1n) is 10.9. The van der Waals surface area contributed by atoms with Crippen LogP contribution in [-0.2, 0) is 4.79 Å². The van der Waals surface area contributed by atoms with Gasteiger partial charge >= 0.3 is 0 Å². The highest BCUT2D eigenvalue weighted by Gasteiger charge is 2.35. The summed E-state index contributed by atoms with van der Waals surface area (Å²) in [4.78, 5) is 16.9. The lowest BCUT2D eigenvalue weighted by atomic mass is 10.1. The van der Waals surface area contributed by atoms with Crippen molar-refractivity contribution in [2.45, 2.75) is 52.9 Å². The smallest absolute Gasteiger partial charge is 0.283 e. The molecule has 0 fully saturated rings. The normalized spacial score (nSPS) is 17.0. The maximum absolute atomic E-state index is 13.6. The van der Waals surface area contributed by atoms with Gasteiger partial charge in [-0.15, -0.1) is 0 Å². The molecular weight excluding hydrogens is 461 g/mol. The number of nitrogens with zero attached hydrogens (tertiary/aromatic N) is 4. The number of thioether (sulfide) groups is 1. The number of aliphatic imine (C=N–C) groups is 1. The van der Waals surface area contributed by atoms with Crippen LogP contribution in [-0.4, -0.2) is 31.5 Å². The van der Waals surface area contributed by atoms with E-state index in [2.05, 4.69) is 17.0 Å². The zero-order valence-corrected chi connectivity index (χ0v) is 20.4. The van der Waals surface area contributed by atoms with Crippen LogP contribution in [0.5, 0.6) is 0 Å². The molecule has 0 unspecified atom stereocenters. The Morgan fingerprint density at radius 3 is 2.73 bits per heavy atom. The molecule has 0 aliphatic carbocycles. The van der Waals surface area contributed by atoms with E-state index in [1.54, 1.807) is 18.2 Å². The number of hydrazone groups is 1. The summed E-state index contributed by atoms with van der Waals surface area (Å²) < 4.78 is 15.5. The maximum atomic E-state index is 13.6. The molecule has 1 amide bonds. The van der Waals surface area contributed by atoms with Crippen LogP contribution in [0.4, 0.5) is 4.39 Å². The molecule has 0 bridgehead atoms. The second kappa shape index (κ2) is 9.65. The number of nitrogens with one attached hydrogen (secondary N) is 1. The van der Waals surface area contributed by atoms with E-state index in [1.807, 2.05) is 24.5 Å². The molecule has 3 heterocycles. The lowest BCUT2D eigenvalue weighted by Crippen LogP contribution is -2.35. The number of halogens is 2. The third kappa shape index (κ3) is 4.68. The van der Waals surface area contributed by atoms with E-state index < -0.39 is 11.7 Å². The molecule has 33 heavy (non-hydrogen) atoms. The van der Waals surface area contributed by atoms with Gasteiger partial charge in [-0.1, -0.05) is 37.8 Å². The lowest BCUT2D eigenvalue weighted by molar-refractivity contribution is -0.114. The quantitative estimate of drug-likeness (QED) is 0.360. The van der Waals surface area contributed by atoms with Gasteiger partial charge in [0.1, 0.15) is 10.9 Å². The highest BCUT2D eigenvalue weighted by Crippen LogP contribution is 2.31. The number of aryl methyl sites for hydroxylation is 1. The van der Waals surface area contributed by atoms with Gasteiger partial charge in [-0.2, -0.15) is 15.1 Å². The van der Waals surface area contributed by atoms with E-state index >= 15 is 0 Å². The zero-order valence-electron chi connectivity index (χ0n) is 18.8. The minimum Gasteiger partial charge on any atom is -0.318 e. The van der Waals surface area contributed by atoms with Crippen LogP contribution in [0.25, 0.3) is 11.8 Å². The van der Waals surface area contributed by atoms with E-state index in [-0.39, 0.29) is 16.4 Å². The van der Waals surface area contributed by atoms with Crippen LogP contribution in [0.3, 0.4) is 0 Å². The molecule has 1 aromatic carbocycles. The molecule has 0 atom stereocenters. The molecule has 0 saturated heterocycles. The van der Waals surface area contributed by atoms with Crippen molar-refractivity contribution < 1.29 is 9.18 Å². The van der Waals surface area contributed by atoms with Crippen LogP contribution in [0.2, 0.25) is 5.02 Å². The van der Waals surface area contributed by atoms with Gasteiger partial charge in [-0.25, -0.2) is 4.39 Å². The molecule has 2 aliphatic heterocycles. The SMILES string of the molecule is CCCCCCC1=NN2C(=N)/C(=C\c3cc(C)n(-c4ccc(F)c(Cl)c4)c3C)C(=O)N=C2S1. The molecule has 172 valence electrons. The lowest BCUT2D eigenvalue weighted by Gasteiger charge is -2.20. The van der Waals surface area contributed by atoms with Crippen LogP contribution < -0.4 is 0 Å². The fourth-order valence-corrected chi connectivity index (χ4v) is 5.05. The van der Waals surface area contributed by atoms with E-state index in [9.17, 15) is 9.18 Å². The van der Waals surface area contributed by atoms with Crippen molar-refractivity contribution in [1.82, 2.24) is 9.58 Å². The molecule has 2 aromatic rings. The molecule has 1 aromatic heterocycles. The van der Waals surface area contributed by atoms with Crippen LogP contribution in [0, 0.1) is 25.1 Å². The Labute approximate surface area is 201 Å².